The number of nitrogens with one attached hydrogen (secondary N) is 1. The van der Waals surface area contributed by atoms with Gasteiger partial charge in [-0.15, -0.1) is 0 Å². The molecule has 0 bridgehead atoms. The van der Waals surface area contributed by atoms with Crippen LogP contribution in [0.1, 0.15) is 66.2 Å². The molecule has 2 unspecified atom stereocenters. The van der Waals surface area contributed by atoms with Crippen LogP contribution in [0.5, 0.6) is 0 Å². The Balaban J connectivity index is 2.47. The van der Waals surface area contributed by atoms with Gasteiger partial charge in [0, 0.05) is 18.7 Å². The molecule has 0 aromatic carbocycles. The van der Waals surface area contributed by atoms with Crippen LogP contribution in [0.15, 0.2) is 0 Å². The summed E-state index contributed by atoms with van der Waals surface area (Å²) in [5, 5.41) is 12.9. The summed E-state index contributed by atoms with van der Waals surface area (Å²) in [7, 11) is 0. The van der Waals surface area contributed by atoms with Crippen molar-refractivity contribution < 1.29 is 5.11 Å². The van der Waals surface area contributed by atoms with Crippen LogP contribution < -0.4 is 5.32 Å². The molecular formula is C17H36N2O. The Morgan fingerprint density at radius 1 is 1.30 bits per heavy atom. The second-order valence-electron chi connectivity index (χ2n) is 7.36. The third-order valence-corrected chi connectivity index (χ3v) is 4.60. The molecule has 1 fully saturated rings. The average Bonchev–Trinajstić information content (AvgIpc) is 2.39. The predicted molar refractivity (Wildman–Crippen MR) is 87.1 cm³/mol. The summed E-state index contributed by atoms with van der Waals surface area (Å²) in [6.45, 7) is 13.1. The van der Waals surface area contributed by atoms with Gasteiger partial charge in [-0.2, -0.15) is 0 Å². The molecule has 0 aromatic rings. The summed E-state index contributed by atoms with van der Waals surface area (Å²) in [5.41, 5.74) is 0.317. The lowest BCUT2D eigenvalue weighted by molar-refractivity contribution is 0.106. The third kappa shape index (κ3) is 6.11. The van der Waals surface area contributed by atoms with E-state index in [0.717, 1.165) is 13.0 Å². The maximum atomic E-state index is 9.22. The first-order chi connectivity index (χ1) is 9.49. The van der Waals surface area contributed by atoms with Crippen molar-refractivity contribution in [3.05, 3.63) is 0 Å². The van der Waals surface area contributed by atoms with Gasteiger partial charge in [0.15, 0.2) is 0 Å². The number of nitrogens with zero attached hydrogens (tertiary/aromatic N) is 1. The maximum Gasteiger partial charge on any atom is 0.0445 e. The van der Waals surface area contributed by atoms with E-state index < -0.39 is 0 Å². The molecule has 20 heavy (non-hydrogen) atoms. The quantitative estimate of drug-likeness (QED) is 0.719. The first kappa shape index (κ1) is 17.9. The van der Waals surface area contributed by atoms with Crippen molar-refractivity contribution in [3.63, 3.8) is 0 Å². The van der Waals surface area contributed by atoms with Crippen LogP contribution in [-0.4, -0.2) is 48.3 Å². The Labute approximate surface area is 126 Å². The molecule has 0 amide bonds. The standard InChI is InChI=1S/C17H36N2O/c1-5-11-18-16(17(2,3)4)9-13-19-12-7-6-8-15(19)10-14-20/h15-16,18,20H,5-14H2,1-4H3. The van der Waals surface area contributed by atoms with E-state index in [-0.39, 0.29) is 0 Å². The number of hydrogen-bond donors (Lipinski definition) is 2. The van der Waals surface area contributed by atoms with Crippen LogP contribution in [-0.2, 0) is 0 Å². The van der Waals surface area contributed by atoms with Gasteiger partial charge >= 0.3 is 0 Å². The molecule has 0 aromatic heterocycles. The van der Waals surface area contributed by atoms with E-state index in [0.29, 0.717) is 24.1 Å². The number of aliphatic hydroxyl groups is 1. The molecule has 2 atom stereocenters. The van der Waals surface area contributed by atoms with Gasteiger partial charge in [0.2, 0.25) is 0 Å². The summed E-state index contributed by atoms with van der Waals surface area (Å²) < 4.78 is 0. The van der Waals surface area contributed by atoms with Gasteiger partial charge in [-0.25, -0.2) is 0 Å². The lowest BCUT2D eigenvalue weighted by Crippen LogP contribution is -2.46. The Hall–Kier alpha value is -0.120. The highest BCUT2D eigenvalue weighted by atomic mass is 16.3. The van der Waals surface area contributed by atoms with Gasteiger partial charge in [-0.1, -0.05) is 34.1 Å². The summed E-state index contributed by atoms with van der Waals surface area (Å²) in [4.78, 5) is 2.62. The molecule has 1 saturated heterocycles. The molecule has 1 aliphatic rings. The van der Waals surface area contributed by atoms with Crippen molar-refractivity contribution in [1.82, 2.24) is 10.2 Å². The Kier molecular flexibility index (Phi) is 8.08. The first-order valence-corrected chi connectivity index (χ1v) is 8.57. The van der Waals surface area contributed by atoms with E-state index in [9.17, 15) is 5.11 Å². The summed E-state index contributed by atoms with van der Waals surface area (Å²) in [5.74, 6) is 0. The normalized spacial score (nSPS) is 22.9. The van der Waals surface area contributed by atoms with E-state index >= 15 is 0 Å². The van der Waals surface area contributed by atoms with Gasteiger partial charge in [0.05, 0.1) is 0 Å². The smallest absolute Gasteiger partial charge is 0.0445 e. The highest BCUT2D eigenvalue weighted by Gasteiger charge is 2.27. The van der Waals surface area contributed by atoms with E-state index in [1.807, 2.05) is 0 Å². The van der Waals surface area contributed by atoms with Crippen LogP contribution in [0, 0.1) is 5.41 Å². The molecule has 1 heterocycles. The molecule has 0 saturated carbocycles. The van der Waals surface area contributed by atoms with Crippen LogP contribution >= 0.6 is 0 Å². The minimum Gasteiger partial charge on any atom is -0.396 e. The van der Waals surface area contributed by atoms with Crippen molar-refractivity contribution >= 4 is 0 Å². The van der Waals surface area contributed by atoms with Gasteiger partial charge in [-0.05, 0) is 57.2 Å². The molecule has 1 aliphatic heterocycles. The van der Waals surface area contributed by atoms with Gasteiger partial charge in [0.25, 0.3) is 0 Å². The fraction of sp³-hybridized carbons (Fsp3) is 1.00. The van der Waals surface area contributed by atoms with Gasteiger partial charge in [0.1, 0.15) is 0 Å². The Morgan fingerprint density at radius 2 is 2.05 bits per heavy atom. The number of likely N-dealkylation sites (tertiary alicyclic amines) is 1. The SMILES string of the molecule is CCCNC(CCN1CCCCC1CCO)C(C)(C)C. The van der Waals surface area contributed by atoms with E-state index in [1.165, 1.54) is 45.2 Å². The Bertz CT molecular complexity index is 248. The fourth-order valence-electron chi connectivity index (χ4n) is 3.29. The summed E-state index contributed by atoms with van der Waals surface area (Å²) in [6, 6.07) is 1.19. The zero-order chi connectivity index (χ0) is 15.0. The fourth-order valence-corrected chi connectivity index (χ4v) is 3.29. The molecule has 0 radical (unpaired) electrons. The highest BCUT2D eigenvalue weighted by molar-refractivity contribution is 4.84. The lowest BCUT2D eigenvalue weighted by atomic mass is 9.84. The molecular weight excluding hydrogens is 248 g/mol. The van der Waals surface area contributed by atoms with Gasteiger partial charge < -0.3 is 15.3 Å². The number of piperidine rings is 1. The monoisotopic (exact) mass is 284 g/mol. The van der Waals surface area contributed by atoms with E-state index in [2.05, 4.69) is 37.9 Å². The first-order valence-electron chi connectivity index (χ1n) is 8.57. The number of aliphatic hydroxyl groups excluding tert-OH is 1. The molecule has 1 rings (SSSR count). The zero-order valence-corrected chi connectivity index (χ0v) is 14.1. The topological polar surface area (TPSA) is 35.5 Å². The van der Waals surface area contributed by atoms with E-state index in [4.69, 9.17) is 0 Å². The van der Waals surface area contributed by atoms with Crippen molar-refractivity contribution in [2.75, 3.05) is 26.2 Å². The van der Waals surface area contributed by atoms with Crippen molar-refractivity contribution in [2.24, 2.45) is 5.41 Å². The number of hydrogen-bond acceptors (Lipinski definition) is 3. The molecule has 3 nitrogen and oxygen atoms in total. The van der Waals surface area contributed by atoms with Gasteiger partial charge in [-0.3, -0.25) is 0 Å². The summed E-state index contributed by atoms with van der Waals surface area (Å²) in [6.07, 6.45) is 7.28. The van der Waals surface area contributed by atoms with E-state index in [1.54, 1.807) is 0 Å². The largest absolute Gasteiger partial charge is 0.396 e. The third-order valence-electron chi connectivity index (χ3n) is 4.60. The molecule has 0 spiro atoms. The zero-order valence-electron chi connectivity index (χ0n) is 14.1. The lowest BCUT2D eigenvalue weighted by Gasteiger charge is -2.38. The van der Waals surface area contributed by atoms with Crippen molar-refractivity contribution in [1.29, 1.82) is 0 Å². The minimum absolute atomic E-state index is 0.317. The van der Waals surface area contributed by atoms with Crippen LogP contribution in [0.3, 0.4) is 0 Å². The highest BCUT2D eigenvalue weighted by Crippen LogP contribution is 2.25. The van der Waals surface area contributed by atoms with Crippen LogP contribution in [0.2, 0.25) is 0 Å². The predicted octanol–water partition coefficient (Wildman–Crippen LogP) is 3.03. The Morgan fingerprint density at radius 3 is 2.65 bits per heavy atom. The van der Waals surface area contributed by atoms with Crippen molar-refractivity contribution in [3.8, 4) is 0 Å². The minimum atomic E-state index is 0.317. The number of rotatable bonds is 8. The molecule has 120 valence electrons. The average molecular weight is 284 g/mol. The summed E-state index contributed by atoms with van der Waals surface area (Å²) >= 11 is 0. The van der Waals surface area contributed by atoms with Crippen molar-refractivity contribution in [2.45, 2.75) is 78.3 Å². The second-order valence-corrected chi connectivity index (χ2v) is 7.36. The molecule has 2 N–H and O–H groups in total. The molecule has 0 aliphatic carbocycles. The van der Waals surface area contributed by atoms with Crippen LogP contribution in [0.25, 0.3) is 0 Å². The maximum absolute atomic E-state index is 9.22. The van der Waals surface area contributed by atoms with Crippen LogP contribution in [0.4, 0.5) is 0 Å². The molecule has 3 heteroatoms. The second kappa shape index (κ2) is 9.01.